The van der Waals surface area contributed by atoms with Crippen molar-refractivity contribution in [3.63, 3.8) is 0 Å². The first-order valence-corrected chi connectivity index (χ1v) is 5.61. The number of carbonyl (C=O) groups is 2. The zero-order valence-electron chi connectivity index (χ0n) is 9.00. The summed E-state index contributed by atoms with van der Waals surface area (Å²) in [6.45, 7) is 2.78. The molecule has 2 rings (SSSR count). The third-order valence-corrected chi connectivity index (χ3v) is 3.06. The number of alkyl halides is 1. The molecule has 0 saturated carbocycles. The summed E-state index contributed by atoms with van der Waals surface area (Å²) in [5.41, 5.74) is 2.78. The van der Waals surface area contributed by atoms with E-state index in [1.165, 1.54) is 0 Å². The van der Waals surface area contributed by atoms with E-state index in [-0.39, 0.29) is 17.6 Å². The van der Waals surface area contributed by atoms with E-state index in [4.69, 9.17) is 11.6 Å². The second kappa shape index (κ2) is 4.26. The van der Waals surface area contributed by atoms with E-state index in [9.17, 15) is 9.59 Å². The van der Waals surface area contributed by atoms with Crippen molar-refractivity contribution in [1.29, 1.82) is 0 Å². The maximum absolute atomic E-state index is 11.4. The predicted molar refractivity (Wildman–Crippen MR) is 61.4 cm³/mol. The van der Waals surface area contributed by atoms with Gasteiger partial charge < -0.3 is 4.90 Å². The molecule has 1 aromatic carbocycles. The summed E-state index contributed by atoms with van der Waals surface area (Å²) >= 11 is 5.50. The van der Waals surface area contributed by atoms with Gasteiger partial charge in [0.25, 0.3) is 0 Å². The van der Waals surface area contributed by atoms with Gasteiger partial charge >= 0.3 is 0 Å². The molecule has 4 heteroatoms. The first-order valence-electron chi connectivity index (χ1n) is 5.08. The number of hydrogen-bond acceptors (Lipinski definition) is 2. The molecule has 0 radical (unpaired) electrons. The van der Waals surface area contributed by atoms with Crippen molar-refractivity contribution in [2.24, 2.45) is 0 Å². The number of hydrogen-bond donors (Lipinski definition) is 0. The minimum absolute atomic E-state index is 0.00475. The number of nitrogens with zero attached hydrogens (tertiary/aromatic N) is 1. The maximum atomic E-state index is 11.4. The average molecular weight is 238 g/mol. The van der Waals surface area contributed by atoms with E-state index in [1.807, 2.05) is 12.1 Å². The van der Waals surface area contributed by atoms with Crippen LogP contribution in [-0.4, -0.2) is 22.5 Å². The van der Waals surface area contributed by atoms with Gasteiger partial charge in [-0.05, 0) is 17.2 Å². The van der Waals surface area contributed by atoms with Gasteiger partial charge in [0.05, 0.1) is 5.88 Å². The van der Waals surface area contributed by atoms with Crippen LogP contribution in [-0.2, 0) is 17.9 Å². The summed E-state index contributed by atoms with van der Waals surface area (Å²) in [4.78, 5) is 24.4. The van der Waals surface area contributed by atoms with Gasteiger partial charge in [0.15, 0.2) is 5.78 Å². The Balaban J connectivity index is 2.27. The maximum Gasteiger partial charge on any atom is 0.220 e. The number of fused-ring (bicyclic) bond motifs is 1. The lowest BCUT2D eigenvalue weighted by Crippen LogP contribution is -2.21. The largest absolute Gasteiger partial charge is 0.334 e. The van der Waals surface area contributed by atoms with E-state index in [2.05, 4.69) is 0 Å². The minimum atomic E-state index is -0.0780. The van der Waals surface area contributed by atoms with Gasteiger partial charge in [0, 0.05) is 25.6 Å². The summed E-state index contributed by atoms with van der Waals surface area (Å²) in [5, 5.41) is 0. The van der Waals surface area contributed by atoms with Crippen LogP contribution in [0.5, 0.6) is 0 Å². The molecule has 0 atom stereocenters. The number of rotatable bonds is 2. The van der Waals surface area contributed by atoms with E-state index >= 15 is 0 Å². The van der Waals surface area contributed by atoms with Crippen LogP contribution in [0.3, 0.4) is 0 Å². The zero-order chi connectivity index (χ0) is 11.7. The minimum Gasteiger partial charge on any atom is -0.334 e. The Hall–Kier alpha value is -1.35. The van der Waals surface area contributed by atoms with Crippen molar-refractivity contribution in [2.45, 2.75) is 20.0 Å². The van der Waals surface area contributed by atoms with Crippen molar-refractivity contribution >= 4 is 23.3 Å². The van der Waals surface area contributed by atoms with Gasteiger partial charge in [-0.1, -0.05) is 12.1 Å². The standard InChI is InChI=1S/C12H12ClNO2/c1-8(15)14-6-10-3-2-9(12(16)5-13)4-11(10)7-14/h2-4H,5-7H2,1H3. The second-order valence-electron chi connectivity index (χ2n) is 3.92. The zero-order valence-corrected chi connectivity index (χ0v) is 9.75. The first kappa shape index (κ1) is 11.1. The molecule has 0 bridgehead atoms. The fraction of sp³-hybridized carbons (Fsp3) is 0.333. The Morgan fingerprint density at radius 1 is 1.31 bits per heavy atom. The van der Waals surface area contributed by atoms with Crippen molar-refractivity contribution in [3.8, 4) is 0 Å². The molecule has 84 valence electrons. The molecule has 0 aliphatic carbocycles. The van der Waals surface area contributed by atoms with Crippen LogP contribution in [0.2, 0.25) is 0 Å². The molecule has 1 aliphatic heterocycles. The number of amides is 1. The quantitative estimate of drug-likeness (QED) is 0.583. The Bertz CT molecular complexity index is 456. The molecule has 0 saturated heterocycles. The monoisotopic (exact) mass is 237 g/mol. The van der Waals surface area contributed by atoms with Crippen molar-refractivity contribution in [3.05, 3.63) is 34.9 Å². The second-order valence-corrected chi connectivity index (χ2v) is 4.18. The molecule has 0 spiro atoms. The fourth-order valence-corrected chi connectivity index (χ4v) is 2.02. The van der Waals surface area contributed by atoms with Crippen LogP contribution in [0.1, 0.15) is 28.4 Å². The lowest BCUT2D eigenvalue weighted by Gasteiger charge is -2.10. The van der Waals surface area contributed by atoms with Gasteiger partial charge in [-0.2, -0.15) is 0 Å². The lowest BCUT2D eigenvalue weighted by molar-refractivity contribution is -0.129. The van der Waals surface area contributed by atoms with Crippen molar-refractivity contribution < 1.29 is 9.59 Å². The van der Waals surface area contributed by atoms with Gasteiger partial charge in [-0.25, -0.2) is 0 Å². The van der Waals surface area contributed by atoms with E-state index in [0.29, 0.717) is 18.7 Å². The molecule has 0 unspecified atom stereocenters. The topological polar surface area (TPSA) is 37.4 Å². The fourth-order valence-electron chi connectivity index (χ4n) is 1.87. The molecular formula is C12H12ClNO2. The summed E-state index contributed by atoms with van der Waals surface area (Å²) in [7, 11) is 0. The average Bonchev–Trinajstić information content (AvgIpc) is 2.70. The van der Waals surface area contributed by atoms with E-state index in [1.54, 1.807) is 17.9 Å². The van der Waals surface area contributed by atoms with Crippen LogP contribution >= 0.6 is 11.6 Å². The Morgan fingerprint density at radius 2 is 2.00 bits per heavy atom. The highest BCUT2D eigenvalue weighted by Gasteiger charge is 2.21. The van der Waals surface area contributed by atoms with Gasteiger partial charge in [0.1, 0.15) is 0 Å². The third kappa shape index (κ3) is 1.95. The van der Waals surface area contributed by atoms with E-state index < -0.39 is 0 Å². The molecule has 1 aromatic rings. The number of benzene rings is 1. The first-order chi connectivity index (χ1) is 7.61. The molecule has 0 N–H and O–H groups in total. The SMILES string of the molecule is CC(=O)N1Cc2ccc(C(=O)CCl)cc2C1. The molecule has 1 aliphatic rings. The molecule has 0 aromatic heterocycles. The Kier molecular flexibility index (Phi) is 2.97. The van der Waals surface area contributed by atoms with E-state index in [0.717, 1.165) is 11.1 Å². The van der Waals surface area contributed by atoms with Crippen LogP contribution in [0.25, 0.3) is 0 Å². The molecule has 1 amide bonds. The van der Waals surface area contributed by atoms with Crippen LogP contribution in [0, 0.1) is 0 Å². The summed E-state index contributed by atoms with van der Waals surface area (Å²) in [6, 6.07) is 5.51. The third-order valence-electron chi connectivity index (χ3n) is 2.82. The highest BCUT2D eigenvalue weighted by molar-refractivity contribution is 6.30. The highest BCUT2D eigenvalue weighted by Crippen LogP contribution is 2.24. The van der Waals surface area contributed by atoms with Crippen molar-refractivity contribution in [2.75, 3.05) is 5.88 Å². The van der Waals surface area contributed by atoms with Crippen LogP contribution in [0.15, 0.2) is 18.2 Å². The van der Waals surface area contributed by atoms with Crippen molar-refractivity contribution in [1.82, 2.24) is 4.90 Å². The normalized spacial score (nSPS) is 13.8. The van der Waals surface area contributed by atoms with Crippen LogP contribution in [0.4, 0.5) is 0 Å². The summed E-state index contributed by atoms with van der Waals surface area (Å²) in [6.07, 6.45) is 0. The molecule has 16 heavy (non-hydrogen) atoms. The molecule has 1 heterocycles. The predicted octanol–water partition coefficient (Wildman–Crippen LogP) is 1.97. The smallest absolute Gasteiger partial charge is 0.220 e. The number of ketones is 1. The van der Waals surface area contributed by atoms with Gasteiger partial charge in [-0.3, -0.25) is 9.59 Å². The Labute approximate surface area is 99.0 Å². The highest BCUT2D eigenvalue weighted by atomic mass is 35.5. The number of carbonyl (C=O) groups excluding carboxylic acids is 2. The summed E-state index contributed by atoms with van der Waals surface area (Å²) in [5.74, 6) is -0.0259. The molecular weight excluding hydrogens is 226 g/mol. The number of halogens is 1. The Morgan fingerprint density at radius 3 is 2.62 bits per heavy atom. The number of Topliss-reactive ketones (excluding diaryl/α,β-unsaturated/α-hetero) is 1. The van der Waals surface area contributed by atoms with Gasteiger partial charge in [0.2, 0.25) is 5.91 Å². The van der Waals surface area contributed by atoms with Gasteiger partial charge in [-0.15, -0.1) is 11.6 Å². The molecule has 3 nitrogen and oxygen atoms in total. The van der Waals surface area contributed by atoms with Crippen LogP contribution < -0.4 is 0 Å². The summed E-state index contributed by atoms with van der Waals surface area (Å²) < 4.78 is 0. The molecule has 0 fully saturated rings. The lowest BCUT2D eigenvalue weighted by atomic mass is 10.0.